The highest BCUT2D eigenvalue weighted by molar-refractivity contribution is 6.32. The summed E-state index contributed by atoms with van der Waals surface area (Å²) in [6, 6.07) is 3.20. The number of ether oxygens (including phenoxy) is 3. The van der Waals surface area contributed by atoms with Gasteiger partial charge in [0, 0.05) is 35.9 Å². The van der Waals surface area contributed by atoms with Crippen molar-refractivity contribution in [2.45, 2.75) is 58.5 Å². The minimum absolute atomic E-state index is 0.0289. The van der Waals surface area contributed by atoms with Gasteiger partial charge in [-0.3, -0.25) is 4.79 Å². The maximum atomic E-state index is 13.4. The van der Waals surface area contributed by atoms with Gasteiger partial charge in [0.05, 0.1) is 23.8 Å². The van der Waals surface area contributed by atoms with Crippen LogP contribution in [0.2, 0.25) is 5.02 Å². The van der Waals surface area contributed by atoms with Gasteiger partial charge in [0.25, 0.3) is 0 Å². The molecule has 0 amide bonds. The van der Waals surface area contributed by atoms with Crippen LogP contribution >= 0.6 is 11.6 Å². The third-order valence-corrected chi connectivity index (χ3v) is 6.78. The first-order chi connectivity index (χ1) is 15.6. The third kappa shape index (κ3) is 4.62. The van der Waals surface area contributed by atoms with Crippen LogP contribution in [0.3, 0.4) is 0 Å². The van der Waals surface area contributed by atoms with Crippen LogP contribution in [0, 0.1) is 5.41 Å². The van der Waals surface area contributed by atoms with Crippen molar-refractivity contribution in [3.05, 3.63) is 45.3 Å². The summed E-state index contributed by atoms with van der Waals surface area (Å²) in [5.41, 5.74) is 2.70. The molecule has 0 spiro atoms. The molecule has 0 radical (unpaired) electrons. The van der Waals surface area contributed by atoms with Crippen LogP contribution in [0.4, 0.5) is 0 Å². The van der Waals surface area contributed by atoms with Crippen molar-refractivity contribution in [1.82, 2.24) is 5.32 Å². The van der Waals surface area contributed by atoms with Gasteiger partial charge >= 0.3 is 5.97 Å². The molecule has 2 aliphatic heterocycles. The standard InChI is InChI=1S/C25H30ClNO6/c1-13-20(24(30)33-12-15-6-5-7-32-15)21(14-8-16(26)23(29)19(9-14)31-4)22-17(27-13)10-25(2,3)11-18(22)28/h8-9,15,21,27,29H,5-7,10-12H2,1-4H3/t15-,21-/m0/s1. The number of halogens is 1. The second kappa shape index (κ2) is 9.03. The van der Waals surface area contributed by atoms with Crippen LogP contribution in [-0.4, -0.2) is 43.3 Å². The van der Waals surface area contributed by atoms with Crippen molar-refractivity contribution in [2.75, 3.05) is 20.3 Å². The fourth-order valence-corrected chi connectivity index (χ4v) is 5.20. The molecule has 0 unspecified atom stereocenters. The summed E-state index contributed by atoms with van der Waals surface area (Å²) in [4.78, 5) is 26.7. The van der Waals surface area contributed by atoms with Crippen LogP contribution in [0.15, 0.2) is 34.7 Å². The number of hydrogen-bond acceptors (Lipinski definition) is 7. The highest BCUT2D eigenvalue weighted by Crippen LogP contribution is 2.49. The zero-order chi connectivity index (χ0) is 23.9. The Hall–Kier alpha value is -2.51. The SMILES string of the molecule is COc1cc([C@H]2C(C(=O)OC[C@@H]3CCCO3)=C(C)NC3=C2C(=O)CC(C)(C)C3)cc(Cl)c1O. The van der Waals surface area contributed by atoms with Crippen molar-refractivity contribution in [3.8, 4) is 11.5 Å². The maximum absolute atomic E-state index is 13.4. The van der Waals surface area contributed by atoms with E-state index in [0.717, 1.165) is 18.5 Å². The van der Waals surface area contributed by atoms with E-state index in [2.05, 4.69) is 19.2 Å². The number of methoxy groups -OCH3 is 1. The van der Waals surface area contributed by atoms with Crippen LogP contribution < -0.4 is 10.1 Å². The number of carbonyl (C=O) groups excluding carboxylic acids is 2. The Morgan fingerprint density at radius 2 is 2.09 bits per heavy atom. The summed E-state index contributed by atoms with van der Waals surface area (Å²) in [5, 5.41) is 13.6. The molecule has 0 aromatic heterocycles. The van der Waals surface area contributed by atoms with Gasteiger partial charge in [0.15, 0.2) is 17.3 Å². The number of esters is 1. The quantitative estimate of drug-likeness (QED) is 0.610. The van der Waals surface area contributed by atoms with Crippen molar-refractivity contribution in [2.24, 2.45) is 5.41 Å². The molecule has 1 saturated heterocycles. The number of dihydropyridines is 1. The molecule has 3 aliphatic rings. The first-order valence-corrected chi connectivity index (χ1v) is 11.6. The Morgan fingerprint density at radius 3 is 2.76 bits per heavy atom. The molecule has 178 valence electrons. The van der Waals surface area contributed by atoms with Crippen molar-refractivity contribution in [3.63, 3.8) is 0 Å². The van der Waals surface area contributed by atoms with E-state index < -0.39 is 11.9 Å². The molecule has 2 heterocycles. The zero-order valence-electron chi connectivity index (χ0n) is 19.4. The van der Waals surface area contributed by atoms with Crippen molar-refractivity contribution < 1.29 is 28.9 Å². The highest BCUT2D eigenvalue weighted by Gasteiger charge is 2.43. The summed E-state index contributed by atoms with van der Waals surface area (Å²) in [7, 11) is 1.43. The number of aromatic hydroxyl groups is 1. The first kappa shape index (κ1) is 23.6. The summed E-state index contributed by atoms with van der Waals surface area (Å²) in [6.07, 6.45) is 2.72. The van der Waals surface area contributed by atoms with E-state index in [0.29, 0.717) is 41.9 Å². The second-order valence-electron chi connectivity index (χ2n) is 9.72. The molecule has 4 rings (SSSR count). The van der Waals surface area contributed by atoms with Gasteiger partial charge in [-0.2, -0.15) is 0 Å². The summed E-state index contributed by atoms with van der Waals surface area (Å²) >= 11 is 6.29. The van der Waals surface area contributed by atoms with Crippen LogP contribution in [0.25, 0.3) is 0 Å². The van der Waals surface area contributed by atoms with E-state index in [1.54, 1.807) is 12.1 Å². The van der Waals surface area contributed by atoms with E-state index in [1.165, 1.54) is 7.11 Å². The van der Waals surface area contributed by atoms with Gasteiger partial charge in [-0.15, -0.1) is 0 Å². The molecule has 1 aromatic rings. The monoisotopic (exact) mass is 475 g/mol. The Labute approximate surface area is 198 Å². The van der Waals surface area contributed by atoms with Crippen LogP contribution in [-0.2, 0) is 19.1 Å². The molecular formula is C25H30ClNO6. The minimum atomic E-state index is -0.686. The topological polar surface area (TPSA) is 94.1 Å². The number of allylic oxidation sites excluding steroid dienone is 3. The number of hydrogen-bond donors (Lipinski definition) is 2. The molecule has 0 bridgehead atoms. The number of Topliss-reactive ketones (excluding diaryl/α,β-unsaturated/α-hetero) is 1. The summed E-state index contributed by atoms with van der Waals surface area (Å²) in [5.74, 6) is -1.24. The average molecular weight is 476 g/mol. The molecule has 1 aromatic carbocycles. The molecule has 33 heavy (non-hydrogen) atoms. The zero-order valence-corrected chi connectivity index (χ0v) is 20.2. The van der Waals surface area contributed by atoms with Crippen molar-refractivity contribution >= 4 is 23.4 Å². The van der Waals surface area contributed by atoms with Crippen LogP contribution in [0.1, 0.15) is 57.9 Å². The van der Waals surface area contributed by atoms with Gasteiger partial charge in [-0.1, -0.05) is 25.4 Å². The van der Waals surface area contributed by atoms with Gasteiger partial charge in [0.1, 0.15) is 6.61 Å². The fourth-order valence-electron chi connectivity index (χ4n) is 4.98. The molecule has 2 atom stereocenters. The molecule has 1 aliphatic carbocycles. The molecular weight excluding hydrogens is 446 g/mol. The highest BCUT2D eigenvalue weighted by atomic mass is 35.5. The van der Waals surface area contributed by atoms with E-state index in [1.807, 2.05) is 6.92 Å². The fraction of sp³-hybridized carbons (Fsp3) is 0.520. The number of phenolic OH excluding ortho intramolecular Hbond substituents is 1. The number of nitrogens with one attached hydrogen (secondary N) is 1. The number of ketones is 1. The first-order valence-electron chi connectivity index (χ1n) is 11.2. The minimum Gasteiger partial charge on any atom is -0.503 e. The Kier molecular flexibility index (Phi) is 6.47. The maximum Gasteiger partial charge on any atom is 0.336 e. The Bertz CT molecular complexity index is 1050. The predicted octanol–water partition coefficient (Wildman–Crippen LogP) is 4.38. The lowest BCUT2D eigenvalue weighted by Crippen LogP contribution is -2.39. The van der Waals surface area contributed by atoms with Gasteiger partial charge in [0.2, 0.25) is 0 Å². The molecule has 8 heteroatoms. The van der Waals surface area contributed by atoms with E-state index >= 15 is 0 Å². The normalized spacial score (nSPS) is 24.5. The summed E-state index contributed by atoms with van der Waals surface area (Å²) < 4.78 is 16.5. The third-order valence-electron chi connectivity index (χ3n) is 6.49. The lowest BCUT2D eigenvalue weighted by molar-refractivity contribution is -0.142. The molecule has 2 N–H and O–H groups in total. The molecule has 1 fully saturated rings. The molecule has 7 nitrogen and oxygen atoms in total. The van der Waals surface area contributed by atoms with Gasteiger partial charge in [-0.05, 0) is 49.3 Å². The number of benzene rings is 1. The number of phenols is 1. The van der Waals surface area contributed by atoms with Crippen LogP contribution in [0.5, 0.6) is 11.5 Å². The Morgan fingerprint density at radius 1 is 1.33 bits per heavy atom. The van der Waals surface area contributed by atoms with Crippen molar-refractivity contribution in [1.29, 1.82) is 0 Å². The number of carbonyl (C=O) groups is 2. The number of rotatable bonds is 5. The lowest BCUT2D eigenvalue weighted by atomic mass is 9.68. The summed E-state index contributed by atoms with van der Waals surface area (Å²) in [6.45, 7) is 6.74. The second-order valence-corrected chi connectivity index (χ2v) is 10.1. The largest absolute Gasteiger partial charge is 0.503 e. The van der Waals surface area contributed by atoms with Gasteiger partial charge in [-0.25, -0.2) is 4.79 Å². The molecule has 0 saturated carbocycles. The smallest absolute Gasteiger partial charge is 0.336 e. The van der Waals surface area contributed by atoms with E-state index in [9.17, 15) is 14.7 Å². The Balaban J connectivity index is 1.79. The van der Waals surface area contributed by atoms with Gasteiger partial charge < -0.3 is 24.6 Å². The van der Waals surface area contributed by atoms with E-state index in [4.69, 9.17) is 25.8 Å². The lowest BCUT2D eigenvalue weighted by Gasteiger charge is -2.39. The average Bonchev–Trinajstić information content (AvgIpc) is 3.25. The predicted molar refractivity (Wildman–Crippen MR) is 123 cm³/mol. The van der Waals surface area contributed by atoms with E-state index in [-0.39, 0.29) is 40.4 Å².